The van der Waals surface area contributed by atoms with Crippen LogP contribution in [0.1, 0.15) is 64.2 Å². The fourth-order valence-corrected chi connectivity index (χ4v) is 9.64. The first-order chi connectivity index (χ1) is 21.9. The van der Waals surface area contributed by atoms with E-state index >= 15 is 0 Å². The Morgan fingerprint density at radius 1 is 0.711 bits per heavy atom. The quantitative estimate of drug-likeness (QED) is 0.297. The van der Waals surface area contributed by atoms with E-state index in [-0.39, 0.29) is 6.10 Å². The van der Waals surface area contributed by atoms with Crippen LogP contribution in [-0.2, 0) is 10.2 Å². The van der Waals surface area contributed by atoms with E-state index in [0.717, 1.165) is 63.7 Å². The zero-order chi connectivity index (χ0) is 31.5. The third kappa shape index (κ3) is 10.6. The Balaban J connectivity index is 1.23. The fourth-order valence-electron chi connectivity index (χ4n) is 6.93. The monoisotopic (exact) mass is 657 g/mol. The third-order valence-electron chi connectivity index (χ3n) is 9.51. The molecule has 0 bridgehead atoms. The highest BCUT2D eigenvalue weighted by Crippen LogP contribution is 2.28. The maximum absolute atomic E-state index is 14.1. The van der Waals surface area contributed by atoms with Crippen molar-refractivity contribution in [3.63, 3.8) is 0 Å². The van der Waals surface area contributed by atoms with Gasteiger partial charge in [-0.05, 0) is 112 Å². The van der Waals surface area contributed by atoms with E-state index in [1.54, 1.807) is 8.61 Å². The molecule has 0 radical (unpaired) electrons. The largest absolute Gasteiger partial charge is 0.490 e. The predicted octanol–water partition coefficient (Wildman–Crippen LogP) is 6.22. The Bertz CT molecular complexity index is 1230. The Morgan fingerprint density at radius 3 is 1.96 bits per heavy atom. The molecule has 2 aromatic rings. The summed E-state index contributed by atoms with van der Waals surface area (Å²) in [4.78, 5) is 6.00. The minimum absolute atomic E-state index is 0.0517. The molecule has 2 saturated heterocycles. The van der Waals surface area contributed by atoms with Crippen molar-refractivity contribution in [3.05, 3.63) is 54.6 Å². The Labute approximate surface area is 277 Å². The zero-order valence-electron chi connectivity index (χ0n) is 27.6. The Hall–Kier alpha value is -1.82. The summed E-state index contributed by atoms with van der Waals surface area (Å²) in [6.07, 6.45) is 11.1. The zero-order valence-corrected chi connectivity index (χ0v) is 29.2. The van der Waals surface area contributed by atoms with Gasteiger partial charge in [-0.25, -0.2) is 4.31 Å². The number of rotatable bonds is 9. The summed E-state index contributed by atoms with van der Waals surface area (Å²) >= 11 is 1.81. The van der Waals surface area contributed by atoms with Crippen LogP contribution < -0.4 is 9.64 Å². The predicted molar refractivity (Wildman–Crippen MR) is 187 cm³/mol. The van der Waals surface area contributed by atoms with Gasteiger partial charge < -0.3 is 14.5 Å². The third-order valence-corrected chi connectivity index (χ3v) is 12.6. The summed E-state index contributed by atoms with van der Waals surface area (Å²) in [5, 5.41) is 0. The highest BCUT2D eigenvalue weighted by molar-refractivity contribution is 7.97. The van der Waals surface area contributed by atoms with Crippen LogP contribution in [-0.4, -0.2) is 105 Å². The summed E-state index contributed by atoms with van der Waals surface area (Å²) in [5.74, 6) is 1.64. The highest BCUT2D eigenvalue weighted by atomic mass is 32.2. The normalized spacial score (nSPS) is 22.0. The van der Waals surface area contributed by atoms with E-state index in [9.17, 15) is 8.42 Å². The lowest BCUT2D eigenvalue weighted by atomic mass is 9.89. The average molecular weight is 658 g/mol. The molecule has 2 aromatic carbocycles. The molecule has 0 atom stereocenters. The molecule has 5 rings (SSSR count). The van der Waals surface area contributed by atoms with Gasteiger partial charge in [-0.2, -0.15) is 17.0 Å². The van der Waals surface area contributed by atoms with Crippen LogP contribution in [0.25, 0.3) is 0 Å². The van der Waals surface area contributed by atoms with Gasteiger partial charge in [0.05, 0.1) is 0 Å². The molecule has 0 spiro atoms. The van der Waals surface area contributed by atoms with E-state index in [0.29, 0.717) is 39.0 Å². The molecule has 3 aliphatic rings. The molecule has 0 N–H and O–H groups in total. The number of benzene rings is 2. The van der Waals surface area contributed by atoms with Crippen molar-refractivity contribution >= 4 is 27.8 Å². The van der Waals surface area contributed by atoms with Gasteiger partial charge in [0.2, 0.25) is 0 Å². The summed E-state index contributed by atoms with van der Waals surface area (Å²) < 4.78 is 40.2. The molecule has 1 saturated carbocycles. The van der Waals surface area contributed by atoms with Crippen LogP contribution in [0.5, 0.6) is 5.75 Å². The van der Waals surface area contributed by atoms with Crippen LogP contribution >= 0.6 is 11.9 Å². The SMILES string of the molecule is CN(C)c1ccc(SN2CCCN(CC3CCCCC3)CCCN(S(=O)(=O)N3CCC(Oc4ccccc4)CC3)CCC2)cc1. The summed E-state index contributed by atoms with van der Waals surface area (Å²) in [5.41, 5.74) is 1.20. The second-order valence-electron chi connectivity index (χ2n) is 13.2. The van der Waals surface area contributed by atoms with Crippen molar-refractivity contribution in [2.75, 3.05) is 77.9 Å². The second-order valence-corrected chi connectivity index (χ2v) is 16.3. The number of hydrogen-bond acceptors (Lipinski definition) is 7. The smallest absolute Gasteiger partial charge is 0.281 e. The average Bonchev–Trinajstić information content (AvgIpc) is 3.04. The van der Waals surface area contributed by atoms with E-state index < -0.39 is 10.2 Å². The van der Waals surface area contributed by atoms with Crippen molar-refractivity contribution in [2.24, 2.45) is 5.92 Å². The van der Waals surface area contributed by atoms with Crippen LogP contribution in [0, 0.1) is 5.92 Å². The van der Waals surface area contributed by atoms with Gasteiger partial charge in [-0.15, -0.1) is 0 Å². The maximum Gasteiger partial charge on any atom is 0.281 e. The van der Waals surface area contributed by atoms with Crippen LogP contribution in [0.2, 0.25) is 0 Å². The molecule has 2 aliphatic heterocycles. The van der Waals surface area contributed by atoms with Crippen molar-refractivity contribution in [1.29, 1.82) is 0 Å². The lowest BCUT2D eigenvalue weighted by Crippen LogP contribution is -2.49. The molecule has 0 unspecified atom stereocenters. The Morgan fingerprint density at radius 2 is 1.31 bits per heavy atom. The molecule has 0 amide bonds. The van der Waals surface area contributed by atoms with Gasteiger partial charge in [-0.3, -0.25) is 0 Å². The molecule has 2 heterocycles. The first kappa shape index (κ1) is 34.5. The van der Waals surface area contributed by atoms with Crippen molar-refractivity contribution < 1.29 is 13.2 Å². The molecule has 8 nitrogen and oxygen atoms in total. The van der Waals surface area contributed by atoms with Gasteiger partial charge in [-0.1, -0.05) is 37.5 Å². The Kier molecular flexibility index (Phi) is 13.3. The first-order valence-electron chi connectivity index (χ1n) is 17.3. The maximum atomic E-state index is 14.1. The molecule has 250 valence electrons. The minimum Gasteiger partial charge on any atom is -0.490 e. The van der Waals surface area contributed by atoms with Crippen LogP contribution in [0.15, 0.2) is 59.5 Å². The van der Waals surface area contributed by atoms with E-state index in [2.05, 4.69) is 52.5 Å². The van der Waals surface area contributed by atoms with Crippen molar-refractivity contribution in [3.8, 4) is 5.75 Å². The van der Waals surface area contributed by atoms with Crippen LogP contribution in [0.3, 0.4) is 0 Å². The standard InChI is InChI=1S/C35H55N5O3S2/c1-36(2)32-16-18-35(19-17-32)44-38-24-9-22-37(30-31-12-5-3-6-13-31)23-10-26-39(27-11-25-38)45(41,42)40-28-20-34(21-29-40)43-33-14-7-4-8-15-33/h4,7-8,14-19,31,34H,3,5-6,9-13,20-30H2,1-2H3. The van der Waals surface area contributed by atoms with E-state index in [1.807, 2.05) is 42.3 Å². The number of piperidine rings is 1. The lowest BCUT2D eigenvalue weighted by Gasteiger charge is -2.36. The number of para-hydroxylation sites is 1. The second kappa shape index (κ2) is 17.4. The van der Waals surface area contributed by atoms with Gasteiger partial charge in [0.15, 0.2) is 0 Å². The van der Waals surface area contributed by atoms with E-state index in [4.69, 9.17) is 4.74 Å². The van der Waals surface area contributed by atoms with E-state index in [1.165, 1.54) is 42.7 Å². The number of ether oxygens (including phenoxy) is 1. The minimum atomic E-state index is -3.54. The lowest BCUT2D eigenvalue weighted by molar-refractivity contribution is 0.131. The molecule has 1 aliphatic carbocycles. The molecule has 10 heteroatoms. The molecule has 0 aromatic heterocycles. The van der Waals surface area contributed by atoms with Crippen LogP contribution in [0.4, 0.5) is 5.69 Å². The van der Waals surface area contributed by atoms with Gasteiger partial charge in [0.1, 0.15) is 11.9 Å². The van der Waals surface area contributed by atoms with Gasteiger partial charge >= 0.3 is 0 Å². The molecular formula is C35H55N5O3S2. The van der Waals surface area contributed by atoms with Gasteiger partial charge in [0, 0.05) is 70.5 Å². The fraction of sp³-hybridized carbons (Fsp3) is 0.657. The number of hydrogen-bond donors (Lipinski definition) is 0. The topological polar surface area (TPSA) is 59.6 Å². The number of nitrogens with zero attached hydrogens (tertiary/aromatic N) is 5. The summed E-state index contributed by atoms with van der Waals surface area (Å²) in [6, 6.07) is 18.6. The first-order valence-corrected chi connectivity index (χ1v) is 19.4. The van der Waals surface area contributed by atoms with Gasteiger partial charge in [0.25, 0.3) is 10.2 Å². The summed E-state index contributed by atoms with van der Waals surface area (Å²) in [7, 11) is 0.594. The number of anilines is 1. The summed E-state index contributed by atoms with van der Waals surface area (Å²) in [6.45, 7) is 7.23. The highest BCUT2D eigenvalue weighted by Gasteiger charge is 2.33. The molecular weight excluding hydrogens is 603 g/mol. The molecule has 45 heavy (non-hydrogen) atoms. The van der Waals surface area contributed by atoms with Crippen molar-refractivity contribution in [1.82, 2.24) is 17.8 Å². The van der Waals surface area contributed by atoms with Crippen molar-refractivity contribution in [2.45, 2.75) is 75.2 Å². The molecule has 3 fully saturated rings.